The molecule has 0 bridgehead atoms. The summed E-state index contributed by atoms with van der Waals surface area (Å²) in [5.74, 6) is -0.497. The zero-order chi connectivity index (χ0) is 22.7. The maximum Gasteiger partial charge on any atom is 0.290 e. The van der Waals surface area contributed by atoms with E-state index in [1.54, 1.807) is 50.9 Å². The summed E-state index contributed by atoms with van der Waals surface area (Å²) in [7, 11) is 3.11. The standard InChI is InChI=1S/C24H22N2O6/c1-30-17-8-7-15(13-19(17)31-2)9-11-26-21(16-5-3-10-25-14-16)20(23(28)24(26)29)22(27)18-6-4-12-32-18/h3-8,10,12-14,21,28H,9,11H2,1-2H3/t21-/m1/s1. The van der Waals surface area contributed by atoms with Crippen molar-refractivity contribution in [2.24, 2.45) is 0 Å². The van der Waals surface area contributed by atoms with Crippen molar-refractivity contribution in [2.45, 2.75) is 12.5 Å². The number of carbonyl (C=O) groups is 2. The Morgan fingerprint density at radius 2 is 1.97 bits per heavy atom. The monoisotopic (exact) mass is 434 g/mol. The Bertz CT molecular complexity index is 1150. The Morgan fingerprint density at radius 3 is 2.62 bits per heavy atom. The van der Waals surface area contributed by atoms with Gasteiger partial charge in [-0.15, -0.1) is 0 Å². The molecule has 0 unspecified atom stereocenters. The van der Waals surface area contributed by atoms with Crippen LogP contribution < -0.4 is 9.47 Å². The SMILES string of the molecule is COc1ccc(CCN2C(=O)C(O)=C(C(=O)c3ccco3)[C@H]2c2cccnc2)cc1OC. The first kappa shape index (κ1) is 21.2. The molecule has 4 rings (SSSR count). The molecule has 0 aliphatic carbocycles. The number of carbonyl (C=O) groups excluding carboxylic acids is 2. The minimum atomic E-state index is -0.783. The number of furan rings is 1. The molecule has 1 aliphatic rings. The fourth-order valence-electron chi connectivity index (χ4n) is 3.83. The molecule has 164 valence electrons. The average Bonchev–Trinajstić information content (AvgIpc) is 3.45. The molecule has 1 atom stereocenters. The molecule has 1 amide bonds. The number of nitrogens with zero attached hydrogens (tertiary/aromatic N) is 2. The second-order valence-electron chi connectivity index (χ2n) is 7.20. The summed E-state index contributed by atoms with van der Waals surface area (Å²) >= 11 is 0. The lowest BCUT2D eigenvalue weighted by atomic mass is 9.96. The zero-order valence-corrected chi connectivity index (χ0v) is 17.6. The van der Waals surface area contributed by atoms with Gasteiger partial charge in [0, 0.05) is 18.9 Å². The number of aliphatic hydroxyl groups is 1. The molecule has 8 heteroatoms. The van der Waals surface area contributed by atoms with Crippen LogP contribution in [-0.4, -0.2) is 47.4 Å². The fourth-order valence-corrected chi connectivity index (χ4v) is 3.83. The highest BCUT2D eigenvalue weighted by Gasteiger charge is 2.44. The highest BCUT2D eigenvalue weighted by molar-refractivity contribution is 6.15. The molecule has 8 nitrogen and oxygen atoms in total. The van der Waals surface area contributed by atoms with Crippen LogP contribution in [0.4, 0.5) is 0 Å². The first-order valence-corrected chi connectivity index (χ1v) is 9.98. The van der Waals surface area contributed by atoms with Gasteiger partial charge in [-0.1, -0.05) is 12.1 Å². The molecule has 2 aromatic heterocycles. The lowest BCUT2D eigenvalue weighted by Crippen LogP contribution is -2.33. The van der Waals surface area contributed by atoms with Gasteiger partial charge in [0.1, 0.15) is 0 Å². The molecular weight excluding hydrogens is 412 g/mol. The van der Waals surface area contributed by atoms with Crippen molar-refractivity contribution >= 4 is 11.7 Å². The third-order valence-corrected chi connectivity index (χ3v) is 5.38. The van der Waals surface area contributed by atoms with E-state index in [-0.39, 0.29) is 17.9 Å². The number of rotatable bonds is 8. The number of aliphatic hydroxyl groups excluding tert-OH is 1. The number of ketones is 1. The van der Waals surface area contributed by atoms with Crippen LogP contribution in [0.25, 0.3) is 0 Å². The number of aromatic nitrogens is 1. The van der Waals surface area contributed by atoms with E-state index >= 15 is 0 Å². The van der Waals surface area contributed by atoms with Gasteiger partial charge >= 0.3 is 0 Å². The Kier molecular flexibility index (Phi) is 5.93. The lowest BCUT2D eigenvalue weighted by molar-refractivity contribution is -0.129. The van der Waals surface area contributed by atoms with Crippen molar-refractivity contribution < 1.29 is 28.6 Å². The van der Waals surface area contributed by atoms with E-state index in [4.69, 9.17) is 13.9 Å². The van der Waals surface area contributed by atoms with Crippen LogP contribution in [0.5, 0.6) is 11.5 Å². The van der Waals surface area contributed by atoms with Crippen LogP contribution >= 0.6 is 0 Å². The first-order valence-electron chi connectivity index (χ1n) is 9.98. The second kappa shape index (κ2) is 8.97. The minimum absolute atomic E-state index is 0.0229. The van der Waals surface area contributed by atoms with E-state index in [0.717, 1.165) is 5.56 Å². The lowest BCUT2D eigenvalue weighted by Gasteiger charge is -2.26. The molecule has 0 saturated carbocycles. The first-order chi connectivity index (χ1) is 15.5. The molecule has 1 N–H and O–H groups in total. The summed E-state index contributed by atoms with van der Waals surface area (Å²) in [5.41, 5.74) is 1.50. The second-order valence-corrected chi connectivity index (χ2v) is 7.20. The van der Waals surface area contributed by atoms with E-state index < -0.39 is 23.5 Å². The van der Waals surface area contributed by atoms with Crippen LogP contribution in [0.2, 0.25) is 0 Å². The third-order valence-electron chi connectivity index (χ3n) is 5.38. The van der Waals surface area contributed by atoms with Gasteiger partial charge in [-0.25, -0.2) is 0 Å². The predicted octanol–water partition coefficient (Wildman–Crippen LogP) is 3.51. The molecule has 3 heterocycles. The molecule has 0 radical (unpaired) electrons. The summed E-state index contributed by atoms with van der Waals surface area (Å²) in [4.78, 5) is 31.7. The Labute approximate surface area is 184 Å². The van der Waals surface area contributed by atoms with Gasteiger partial charge in [-0.3, -0.25) is 14.6 Å². The number of pyridine rings is 1. The van der Waals surface area contributed by atoms with E-state index in [1.807, 2.05) is 12.1 Å². The van der Waals surface area contributed by atoms with Gasteiger partial charge in [0.2, 0.25) is 5.78 Å². The molecule has 0 saturated heterocycles. The average molecular weight is 434 g/mol. The maximum absolute atomic E-state index is 13.1. The summed E-state index contributed by atoms with van der Waals surface area (Å²) in [6, 6.07) is 11.3. The predicted molar refractivity (Wildman–Crippen MR) is 115 cm³/mol. The van der Waals surface area contributed by atoms with Crippen LogP contribution in [0.3, 0.4) is 0 Å². The van der Waals surface area contributed by atoms with Gasteiger partial charge in [-0.2, -0.15) is 0 Å². The van der Waals surface area contributed by atoms with Crippen LogP contribution in [0.15, 0.2) is 76.9 Å². The fraction of sp³-hybridized carbons (Fsp3) is 0.208. The Morgan fingerprint density at radius 1 is 1.16 bits per heavy atom. The number of methoxy groups -OCH3 is 2. The number of Topliss-reactive ketones (excluding diaryl/α,β-unsaturated/α-hetero) is 1. The number of hydrogen-bond acceptors (Lipinski definition) is 7. The number of hydrogen-bond donors (Lipinski definition) is 1. The van der Waals surface area contributed by atoms with Gasteiger partial charge in [0.15, 0.2) is 23.0 Å². The van der Waals surface area contributed by atoms with Crippen LogP contribution in [0, 0.1) is 0 Å². The van der Waals surface area contributed by atoms with Crippen molar-refractivity contribution in [1.82, 2.24) is 9.88 Å². The Balaban J connectivity index is 1.66. The molecule has 32 heavy (non-hydrogen) atoms. The van der Waals surface area contributed by atoms with Crippen molar-refractivity contribution in [3.63, 3.8) is 0 Å². The topological polar surface area (TPSA) is 102 Å². The van der Waals surface area contributed by atoms with E-state index in [0.29, 0.717) is 23.5 Å². The minimum Gasteiger partial charge on any atom is -0.503 e. The molecule has 1 aliphatic heterocycles. The zero-order valence-electron chi connectivity index (χ0n) is 17.6. The van der Waals surface area contributed by atoms with Crippen molar-refractivity contribution in [3.05, 3.63) is 89.3 Å². The maximum atomic E-state index is 13.1. The number of amides is 1. The largest absolute Gasteiger partial charge is 0.503 e. The highest BCUT2D eigenvalue weighted by Crippen LogP contribution is 2.39. The van der Waals surface area contributed by atoms with Gasteiger partial charge in [0.25, 0.3) is 5.91 Å². The third kappa shape index (κ3) is 3.82. The summed E-state index contributed by atoms with van der Waals surface area (Å²) in [5, 5.41) is 10.6. The molecule has 0 spiro atoms. The quantitative estimate of drug-likeness (QED) is 0.541. The van der Waals surface area contributed by atoms with Crippen LogP contribution in [0.1, 0.15) is 27.7 Å². The van der Waals surface area contributed by atoms with E-state index in [2.05, 4.69) is 4.98 Å². The summed E-state index contributed by atoms with van der Waals surface area (Å²) in [6.45, 7) is 0.257. The van der Waals surface area contributed by atoms with Gasteiger partial charge in [-0.05, 0) is 47.9 Å². The smallest absolute Gasteiger partial charge is 0.290 e. The van der Waals surface area contributed by atoms with Crippen molar-refractivity contribution in [2.75, 3.05) is 20.8 Å². The highest BCUT2D eigenvalue weighted by atomic mass is 16.5. The van der Waals surface area contributed by atoms with Crippen LogP contribution in [-0.2, 0) is 11.2 Å². The summed E-state index contributed by atoms with van der Waals surface area (Å²) < 4.78 is 15.8. The molecule has 1 aromatic carbocycles. The van der Waals surface area contributed by atoms with E-state index in [9.17, 15) is 14.7 Å². The summed E-state index contributed by atoms with van der Waals surface area (Å²) in [6.07, 6.45) is 5.02. The molecule has 3 aromatic rings. The van der Waals surface area contributed by atoms with E-state index in [1.165, 1.54) is 17.2 Å². The number of benzene rings is 1. The van der Waals surface area contributed by atoms with Gasteiger partial charge in [0.05, 0.1) is 32.1 Å². The van der Waals surface area contributed by atoms with Crippen molar-refractivity contribution in [3.8, 4) is 11.5 Å². The number of ether oxygens (including phenoxy) is 2. The molecular formula is C24H22N2O6. The molecule has 0 fully saturated rings. The van der Waals surface area contributed by atoms with Gasteiger partial charge < -0.3 is 23.9 Å². The normalized spacial score (nSPS) is 15.9. The Hall–Kier alpha value is -4.07. The van der Waals surface area contributed by atoms with Crippen molar-refractivity contribution in [1.29, 1.82) is 0 Å².